The maximum Gasteiger partial charge on any atom is 0.143 e. The molecule has 1 aliphatic rings. The van der Waals surface area contributed by atoms with Crippen molar-refractivity contribution in [3.8, 4) is 0 Å². The summed E-state index contributed by atoms with van der Waals surface area (Å²) in [7, 11) is 0. The molecule has 1 aromatic rings. The fourth-order valence-electron chi connectivity index (χ4n) is 2.36. The van der Waals surface area contributed by atoms with E-state index in [0.29, 0.717) is 34.7 Å². The van der Waals surface area contributed by atoms with Crippen LogP contribution in [0.4, 0.5) is 4.39 Å². The summed E-state index contributed by atoms with van der Waals surface area (Å²) < 4.78 is 14.3. The number of halogens is 2. The quantitative estimate of drug-likeness (QED) is 0.876. The lowest BCUT2D eigenvalue weighted by Crippen LogP contribution is -2.43. The van der Waals surface area contributed by atoms with Gasteiger partial charge in [0.1, 0.15) is 5.82 Å². The molecule has 0 unspecified atom stereocenters. The molecule has 1 N–H and O–H groups in total. The van der Waals surface area contributed by atoms with Crippen LogP contribution >= 0.6 is 15.9 Å². The van der Waals surface area contributed by atoms with E-state index >= 15 is 0 Å². The second kappa shape index (κ2) is 4.11. The Labute approximate surface area is 104 Å². The van der Waals surface area contributed by atoms with Crippen molar-refractivity contribution < 1.29 is 9.50 Å². The lowest BCUT2D eigenvalue weighted by molar-refractivity contribution is -0.0956. The fraction of sp³-hybridized carbons (Fsp3) is 0.538. The molecule has 0 aromatic heterocycles. The molecular weight excluding hydrogens is 271 g/mol. The Bertz CT molecular complexity index is 397. The van der Waals surface area contributed by atoms with Crippen molar-refractivity contribution in [3.63, 3.8) is 0 Å². The first kappa shape index (κ1) is 12.1. The molecule has 0 radical (unpaired) electrons. The fourth-order valence-corrected chi connectivity index (χ4v) is 2.73. The highest BCUT2D eigenvalue weighted by Gasteiger charge is 2.46. The van der Waals surface area contributed by atoms with Crippen LogP contribution in [0.3, 0.4) is 0 Å². The number of hydrogen-bond acceptors (Lipinski definition) is 1. The average molecular weight is 287 g/mol. The van der Waals surface area contributed by atoms with Crippen molar-refractivity contribution in [2.45, 2.75) is 32.3 Å². The molecule has 88 valence electrons. The summed E-state index contributed by atoms with van der Waals surface area (Å²) >= 11 is 3.15. The maximum atomic E-state index is 13.8. The summed E-state index contributed by atoms with van der Waals surface area (Å²) in [6.07, 6.45) is 1.33. The first-order chi connectivity index (χ1) is 7.44. The summed E-state index contributed by atoms with van der Waals surface area (Å²) in [4.78, 5) is 0. The molecule has 1 saturated carbocycles. The molecule has 1 nitrogen and oxygen atoms in total. The summed E-state index contributed by atoms with van der Waals surface area (Å²) in [6.45, 7) is 4.28. The molecule has 16 heavy (non-hydrogen) atoms. The van der Waals surface area contributed by atoms with Gasteiger partial charge < -0.3 is 5.11 Å². The molecule has 3 heteroatoms. The van der Waals surface area contributed by atoms with Crippen LogP contribution in [0.15, 0.2) is 22.7 Å². The minimum absolute atomic E-state index is 0.327. The van der Waals surface area contributed by atoms with Crippen LogP contribution in [0.1, 0.15) is 32.3 Å². The third-order valence-corrected chi connectivity index (χ3v) is 4.21. The van der Waals surface area contributed by atoms with Gasteiger partial charge in [-0.1, -0.05) is 26.0 Å². The van der Waals surface area contributed by atoms with Crippen LogP contribution in [-0.2, 0) is 5.60 Å². The van der Waals surface area contributed by atoms with Gasteiger partial charge in [0.05, 0.1) is 10.1 Å². The van der Waals surface area contributed by atoms with Crippen LogP contribution in [-0.4, -0.2) is 5.11 Å². The predicted octanol–water partition coefficient (Wildman–Crippen LogP) is 3.84. The highest BCUT2D eigenvalue weighted by molar-refractivity contribution is 9.10. The molecule has 0 atom stereocenters. The first-order valence-electron chi connectivity index (χ1n) is 5.61. The van der Waals surface area contributed by atoms with Crippen molar-refractivity contribution in [3.05, 3.63) is 34.1 Å². The number of hydrogen-bond donors (Lipinski definition) is 1. The van der Waals surface area contributed by atoms with Gasteiger partial charge in [0.2, 0.25) is 0 Å². The third kappa shape index (κ3) is 1.91. The normalized spacial score (nSPS) is 29.2. The highest BCUT2D eigenvalue weighted by atomic mass is 79.9. The standard InChI is InChI=1S/C13H16BrFO/c1-8(2)9-6-13(16,7-9)10-4-3-5-11(14)12(10)15/h3-5,8-9,16H,6-7H2,1-2H3. The molecule has 2 rings (SSSR count). The summed E-state index contributed by atoms with van der Waals surface area (Å²) in [5.74, 6) is 0.728. The summed E-state index contributed by atoms with van der Waals surface area (Å²) in [5, 5.41) is 10.3. The van der Waals surface area contributed by atoms with Crippen LogP contribution in [0, 0.1) is 17.7 Å². The van der Waals surface area contributed by atoms with E-state index in [1.165, 1.54) is 0 Å². The Hall–Kier alpha value is -0.410. The molecular formula is C13H16BrFO. The SMILES string of the molecule is CC(C)C1CC(O)(c2cccc(Br)c2F)C1. The van der Waals surface area contributed by atoms with Crippen molar-refractivity contribution in [1.82, 2.24) is 0 Å². The molecule has 0 heterocycles. The van der Waals surface area contributed by atoms with Gasteiger partial charge >= 0.3 is 0 Å². The Morgan fingerprint density at radius 2 is 2.06 bits per heavy atom. The van der Waals surface area contributed by atoms with E-state index in [1.54, 1.807) is 18.2 Å². The largest absolute Gasteiger partial charge is 0.385 e. The van der Waals surface area contributed by atoms with Crippen LogP contribution < -0.4 is 0 Å². The molecule has 0 aliphatic heterocycles. The number of aliphatic hydroxyl groups is 1. The average Bonchev–Trinajstić information content (AvgIpc) is 2.17. The van der Waals surface area contributed by atoms with E-state index in [0.717, 1.165) is 0 Å². The smallest absolute Gasteiger partial charge is 0.143 e. The minimum atomic E-state index is -0.956. The van der Waals surface area contributed by atoms with Gasteiger partial charge in [0, 0.05) is 5.56 Å². The Balaban J connectivity index is 2.23. The van der Waals surface area contributed by atoms with Crippen LogP contribution in [0.5, 0.6) is 0 Å². The zero-order valence-corrected chi connectivity index (χ0v) is 11.1. The Morgan fingerprint density at radius 3 is 2.62 bits per heavy atom. The molecule has 0 spiro atoms. The maximum absolute atomic E-state index is 13.8. The number of benzene rings is 1. The van der Waals surface area contributed by atoms with Crippen LogP contribution in [0.25, 0.3) is 0 Å². The molecule has 0 amide bonds. The van der Waals surface area contributed by atoms with E-state index in [-0.39, 0.29) is 5.82 Å². The first-order valence-corrected chi connectivity index (χ1v) is 6.40. The van der Waals surface area contributed by atoms with Crippen molar-refractivity contribution in [2.75, 3.05) is 0 Å². The molecule has 0 bridgehead atoms. The van der Waals surface area contributed by atoms with Crippen molar-refractivity contribution >= 4 is 15.9 Å². The minimum Gasteiger partial charge on any atom is -0.385 e. The lowest BCUT2D eigenvalue weighted by Gasteiger charge is -2.46. The van der Waals surface area contributed by atoms with Gasteiger partial charge in [-0.05, 0) is 46.7 Å². The second-order valence-corrected chi connectivity index (χ2v) is 5.90. The van der Waals surface area contributed by atoms with Gasteiger partial charge in [-0.2, -0.15) is 0 Å². The zero-order valence-electron chi connectivity index (χ0n) is 9.50. The molecule has 1 fully saturated rings. The number of rotatable bonds is 2. The molecule has 1 aliphatic carbocycles. The zero-order chi connectivity index (χ0) is 11.9. The third-order valence-electron chi connectivity index (χ3n) is 3.60. The van der Waals surface area contributed by atoms with Crippen molar-refractivity contribution in [1.29, 1.82) is 0 Å². The Morgan fingerprint density at radius 1 is 1.44 bits per heavy atom. The van der Waals surface area contributed by atoms with Gasteiger partial charge in [-0.25, -0.2) is 4.39 Å². The van der Waals surface area contributed by atoms with Crippen molar-refractivity contribution in [2.24, 2.45) is 11.8 Å². The predicted molar refractivity (Wildman–Crippen MR) is 65.6 cm³/mol. The summed E-state index contributed by atoms with van der Waals surface area (Å²) in [5.41, 5.74) is -0.526. The second-order valence-electron chi connectivity index (χ2n) is 5.05. The van der Waals surface area contributed by atoms with E-state index in [4.69, 9.17) is 0 Å². The topological polar surface area (TPSA) is 20.2 Å². The highest BCUT2D eigenvalue weighted by Crippen LogP contribution is 2.49. The lowest BCUT2D eigenvalue weighted by atomic mass is 9.63. The Kier molecular flexibility index (Phi) is 3.10. The van der Waals surface area contributed by atoms with Gasteiger partial charge in [-0.15, -0.1) is 0 Å². The van der Waals surface area contributed by atoms with E-state index < -0.39 is 5.60 Å². The van der Waals surface area contributed by atoms with E-state index in [9.17, 15) is 9.50 Å². The van der Waals surface area contributed by atoms with E-state index in [1.807, 2.05) is 0 Å². The monoisotopic (exact) mass is 286 g/mol. The molecule has 1 aromatic carbocycles. The molecule has 0 saturated heterocycles. The van der Waals surface area contributed by atoms with E-state index in [2.05, 4.69) is 29.8 Å². The van der Waals surface area contributed by atoms with Crippen LogP contribution in [0.2, 0.25) is 0 Å². The van der Waals surface area contributed by atoms with Gasteiger partial charge in [0.15, 0.2) is 0 Å². The van der Waals surface area contributed by atoms with Gasteiger partial charge in [0.25, 0.3) is 0 Å². The van der Waals surface area contributed by atoms with Gasteiger partial charge in [-0.3, -0.25) is 0 Å². The summed E-state index contributed by atoms with van der Waals surface area (Å²) in [6, 6.07) is 5.10.